The molecule has 0 unspecified atom stereocenters. The summed E-state index contributed by atoms with van der Waals surface area (Å²) in [5.41, 5.74) is 4.54. The van der Waals surface area contributed by atoms with Crippen LogP contribution in [0.3, 0.4) is 0 Å². The number of nitrogens with zero attached hydrogens (tertiary/aromatic N) is 2. The summed E-state index contributed by atoms with van der Waals surface area (Å²) in [5, 5.41) is 3.82. The van der Waals surface area contributed by atoms with E-state index in [1.54, 1.807) is 6.21 Å². The minimum Gasteiger partial charge on any atom is -0.372 e. The van der Waals surface area contributed by atoms with Gasteiger partial charge in [0.25, 0.3) is 0 Å². The molecule has 0 spiro atoms. The van der Waals surface area contributed by atoms with Crippen LogP contribution in [0.4, 0.5) is 5.69 Å². The summed E-state index contributed by atoms with van der Waals surface area (Å²) in [6.07, 6.45) is 1.63. The van der Waals surface area contributed by atoms with Gasteiger partial charge in [-0.3, -0.25) is 4.79 Å². The Balaban J connectivity index is 2.67. The standard InChI is InChI=1S/C13H19N3O/c1-4-16(5-2)13-8-6-12(7-9-13)10-14-15-11(3)17/h6-10H,4-5H2,1-3H3,(H,15,17)/b14-10+. The maximum Gasteiger partial charge on any atom is 0.236 e. The Morgan fingerprint density at radius 3 is 2.35 bits per heavy atom. The van der Waals surface area contributed by atoms with Crippen LogP contribution < -0.4 is 10.3 Å². The highest BCUT2D eigenvalue weighted by Crippen LogP contribution is 2.13. The molecule has 1 N–H and O–H groups in total. The Morgan fingerprint density at radius 1 is 1.29 bits per heavy atom. The number of anilines is 1. The molecule has 0 radical (unpaired) electrons. The first kappa shape index (κ1) is 13.2. The van der Waals surface area contributed by atoms with Crippen molar-refractivity contribution in [2.45, 2.75) is 20.8 Å². The van der Waals surface area contributed by atoms with Gasteiger partial charge in [0, 0.05) is 25.7 Å². The van der Waals surface area contributed by atoms with Crippen LogP contribution in [-0.2, 0) is 4.79 Å². The van der Waals surface area contributed by atoms with Crippen molar-refractivity contribution >= 4 is 17.8 Å². The van der Waals surface area contributed by atoms with Crippen LogP contribution in [-0.4, -0.2) is 25.2 Å². The van der Waals surface area contributed by atoms with E-state index < -0.39 is 0 Å². The lowest BCUT2D eigenvalue weighted by molar-refractivity contribution is -0.118. The number of benzene rings is 1. The molecule has 0 aliphatic carbocycles. The molecule has 0 aliphatic heterocycles. The quantitative estimate of drug-likeness (QED) is 0.624. The van der Waals surface area contributed by atoms with Gasteiger partial charge < -0.3 is 4.90 Å². The minimum absolute atomic E-state index is 0.166. The molecule has 4 nitrogen and oxygen atoms in total. The zero-order chi connectivity index (χ0) is 12.7. The molecule has 1 amide bonds. The molecule has 0 saturated carbocycles. The topological polar surface area (TPSA) is 44.7 Å². The lowest BCUT2D eigenvalue weighted by Gasteiger charge is -2.20. The van der Waals surface area contributed by atoms with Crippen molar-refractivity contribution < 1.29 is 4.79 Å². The van der Waals surface area contributed by atoms with Crippen LogP contribution in [0.15, 0.2) is 29.4 Å². The first-order valence-corrected chi connectivity index (χ1v) is 5.82. The zero-order valence-corrected chi connectivity index (χ0v) is 10.6. The van der Waals surface area contributed by atoms with Crippen LogP contribution >= 0.6 is 0 Å². The molecule has 0 aromatic heterocycles. The molecule has 92 valence electrons. The van der Waals surface area contributed by atoms with Gasteiger partial charge in [0.15, 0.2) is 0 Å². The molecule has 0 aliphatic rings. The summed E-state index contributed by atoms with van der Waals surface area (Å²) >= 11 is 0. The maximum atomic E-state index is 10.6. The molecule has 1 aromatic carbocycles. The van der Waals surface area contributed by atoms with E-state index in [2.05, 4.69) is 41.4 Å². The number of nitrogens with one attached hydrogen (secondary N) is 1. The van der Waals surface area contributed by atoms with Gasteiger partial charge in [0.2, 0.25) is 5.91 Å². The predicted molar refractivity (Wildman–Crippen MR) is 71.4 cm³/mol. The average Bonchev–Trinajstić information content (AvgIpc) is 2.32. The van der Waals surface area contributed by atoms with Crippen molar-refractivity contribution in [3.63, 3.8) is 0 Å². The summed E-state index contributed by atoms with van der Waals surface area (Å²) < 4.78 is 0. The highest BCUT2D eigenvalue weighted by molar-refractivity contribution is 5.82. The van der Waals surface area contributed by atoms with Crippen molar-refractivity contribution in [2.75, 3.05) is 18.0 Å². The van der Waals surface area contributed by atoms with E-state index in [1.165, 1.54) is 12.6 Å². The first-order chi connectivity index (χ1) is 8.17. The van der Waals surface area contributed by atoms with Gasteiger partial charge in [0.05, 0.1) is 6.21 Å². The SMILES string of the molecule is CCN(CC)c1ccc(/C=N/NC(C)=O)cc1. The van der Waals surface area contributed by atoms with Crippen molar-refractivity contribution in [3.05, 3.63) is 29.8 Å². The molecule has 1 aromatic rings. The molecule has 0 fully saturated rings. The van der Waals surface area contributed by atoms with E-state index in [1.807, 2.05) is 12.1 Å². The molecule has 0 atom stereocenters. The van der Waals surface area contributed by atoms with Gasteiger partial charge in [-0.15, -0.1) is 0 Å². The zero-order valence-electron chi connectivity index (χ0n) is 10.6. The Labute approximate surface area is 102 Å². The fourth-order valence-corrected chi connectivity index (χ4v) is 1.56. The van der Waals surface area contributed by atoms with Crippen molar-refractivity contribution in [3.8, 4) is 0 Å². The van der Waals surface area contributed by atoms with Gasteiger partial charge >= 0.3 is 0 Å². The smallest absolute Gasteiger partial charge is 0.236 e. The minimum atomic E-state index is -0.166. The van der Waals surface area contributed by atoms with E-state index in [0.717, 1.165) is 18.7 Å². The number of rotatable bonds is 5. The number of amides is 1. The molecular formula is C13H19N3O. The first-order valence-electron chi connectivity index (χ1n) is 5.82. The van der Waals surface area contributed by atoms with E-state index in [4.69, 9.17) is 0 Å². The van der Waals surface area contributed by atoms with Crippen molar-refractivity contribution in [1.82, 2.24) is 5.43 Å². The third kappa shape index (κ3) is 4.26. The number of hydrogen-bond acceptors (Lipinski definition) is 3. The van der Waals surface area contributed by atoms with Crippen LogP contribution in [0.1, 0.15) is 26.3 Å². The molecule has 0 heterocycles. The number of carbonyl (C=O) groups is 1. The van der Waals surface area contributed by atoms with Crippen LogP contribution in [0.25, 0.3) is 0 Å². The van der Waals surface area contributed by atoms with Gasteiger partial charge in [-0.1, -0.05) is 12.1 Å². The fourth-order valence-electron chi connectivity index (χ4n) is 1.56. The maximum absolute atomic E-state index is 10.6. The summed E-state index contributed by atoms with van der Waals surface area (Å²) in [5.74, 6) is -0.166. The van der Waals surface area contributed by atoms with Crippen molar-refractivity contribution in [2.24, 2.45) is 5.10 Å². The largest absolute Gasteiger partial charge is 0.372 e. The summed E-state index contributed by atoms with van der Waals surface area (Å²) in [6.45, 7) is 7.69. The van der Waals surface area contributed by atoms with E-state index in [-0.39, 0.29) is 5.91 Å². The molecule has 1 rings (SSSR count). The highest BCUT2D eigenvalue weighted by Gasteiger charge is 2.00. The van der Waals surface area contributed by atoms with E-state index in [9.17, 15) is 4.79 Å². The summed E-state index contributed by atoms with van der Waals surface area (Å²) in [7, 11) is 0. The summed E-state index contributed by atoms with van der Waals surface area (Å²) in [6, 6.07) is 8.09. The molecule has 0 bridgehead atoms. The third-order valence-electron chi connectivity index (χ3n) is 2.46. The van der Waals surface area contributed by atoms with Crippen LogP contribution in [0, 0.1) is 0 Å². The van der Waals surface area contributed by atoms with Gasteiger partial charge in [0.1, 0.15) is 0 Å². The normalized spacial score (nSPS) is 10.5. The van der Waals surface area contributed by atoms with Crippen LogP contribution in [0.2, 0.25) is 0 Å². The Morgan fingerprint density at radius 2 is 1.88 bits per heavy atom. The van der Waals surface area contributed by atoms with Gasteiger partial charge in [-0.2, -0.15) is 5.10 Å². The Hall–Kier alpha value is -1.84. The van der Waals surface area contributed by atoms with Gasteiger partial charge in [-0.05, 0) is 31.5 Å². The van der Waals surface area contributed by atoms with Gasteiger partial charge in [-0.25, -0.2) is 5.43 Å². The lowest BCUT2D eigenvalue weighted by atomic mass is 10.2. The van der Waals surface area contributed by atoms with Crippen LogP contribution in [0.5, 0.6) is 0 Å². The number of hydrogen-bond donors (Lipinski definition) is 1. The van der Waals surface area contributed by atoms with E-state index in [0.29, 0.717) is 0 Å². The molecule has 0 saturated heterocycles. The molecule has 17 heavy (non-hydrogen) atoms. The second-order valence-electron chi connectivity index (χ2n) is 3.69. The predicted octanol–water partition coefficient (Wildman–Crippen LogP) is 2.00. The highest BCUT2D eigenvalue weighted by atomic mass is 16.2. The molecule has 4 heteroatoms. The monoisotopic (exact) mass is 233 g/mol. The number of hydrazone groups is 1. The van der Waals surface area contributed by atoms with Crippen molar-refractivity contribution in [1.29, 1.82) is 0 Å². The second kappa shape index (κ2) is 6.68. The second-order valence-corrected chi connectivity index (χ2v) is 3.69. The third-order valence-corrected chi connectivity index (χ3v) is 2.46. The molecular weight excluding hydrogens is 214 g/mol. The average molecular weight is 233 g/mol. The Bertz CT molecular complexity index is 380. The fraction of sp³-hybridized carbons (Fsp3) is 0.385. The lowest BCUT2D eigenvalue weighted by Crippen LogP contribution is -2.21. The summed E-state index contributed by atoms with van der Waals surface area (Å²) in [4.78, 5) is 12.9. The Kier molecular flexibility index (Phi) is 5.20. The van der Waals surface area contributed by atoms with E-state index >= 15 is 0 Å². The number of carbonyl (C=O) groups excluding carboxylic acids is 1.